The maximum atomic E-state index is 4.30. The van der Waals surface area contributed by atoms with E-state index in [0.717, 1.165) is 36.7 Å². The molecule has 19 heavy (non-hydrogen) atoms. The van der Waals surface area contributed by atoms with E-state index >= 15 is 0 Å². The van der Waals surface area contributed by atoms with E-state index in [1.807, 2.05) is 25.1 Å². The second-order valence-electron chi connectivity index (χ2n) is 4.46. The second kappa shape index (κ2) is 6.73. The number of nitrogens with one attached hydrogen (secondary N) is 2. The Labute approximate surface area is 114 Å². The third-order valence-electron chi connectivity index (χ3n) is 2.93. The number of hydrogen-bond donors (Lipinski definition) is 2. The van der Waals surface area contributed by atoms with Crippen molar-refractivity contribution >= 4 is 11.6 Å². The van der Waals surface area contributed by atoms with Crippen LogP contribution >= 0.6 is 0 Å². The lowest BCUT2D eigenvalue weighted by molar-refractivity contribution is 0.957. The fraction of sp³-hybridized carbons (Fsp3) is 0.333. The van der Waals surface area contributed by atoms with Gasteiger partial charge in [-0.2, -0.15) is 0 Å². The SMILES string of the molecule is CCCNc1ncnc(NCc2ccccc2)c1C. The van der Waals surface area contributed by atoms with E-state index in [9.17, 15) is 0 Å². The molecule has 0 saturated heterocycles. The van der Waals surface area contributed by atoms with Crippen LogP contribution in [0.3, 0.4) is 0 Å². The van der Waals surface area contributed by atoms with E-state index in [4.69, 9.17) is 0 Å². The minimum absolute atomic E-state index is 0.770. The summed E-state index contributed by atoms with van der Waals surface area (Å²) in [5.41, 5.74) is 2.30. The van der Waals surface area contributed by atoms with Gasteiger partial charge in [-0.3, -0.25) is 0 Å². The molecule has 2 aromatic rings. The van der Waals surface area contributed by atoms with Crippen LogP contribution < -0.4 is 10.6 Å². The van der Waals surface area contributed by atoms with Crippen LogP contribution in [0.5, 0.6) is 0 Å². The van der Waals surface area contributed by atoms with Gasteiger partial charge in [0.25, 0.3) is 0 Å². The molecule has 2 N–H and O–H groups in total. The first-order valence-electron chi connectivity index (χ1n) is 6.64. The quantitative estimate of drug-likeness (QED) is 0.833. The predicted octanol–water partition coefficient (Wildman–Crippen LogP) is 3.22. The van der Waals surface area contributed by atoms with Crippen LogP contribution in [0.2, 0.25) is 0 Å². The van der Waals surface area contributed by atoms with Crippen molar-refractivity contribution in [2.24, 2.45) is 0 Å². The average Bonchev–Trinajstić information content (AvgIpc) is 2.46. The zero-order valence-electron chi connectivity index (χ0n) is 11.5. The molecule has 0 unspecified atom stereocenters. The minimum Gasteiger partial charge on any atom is -0.370 e. The van der Waals surface area contributed by atoms with Crippen molar-refractivity contribution in [2.75, 3.05) is 17.2 Å². The highest BCUT2D eigenvalue weighted by Crippen LogP contribution is 2.18. The van der Waals surface area contributed by atoms with Gasteiger partial charge < -0.3 is 10.6 Å². The summed E-state index contributed by atoms with van der Waals surface area (Å²) in [6.45, 7) is 5.87. The standard InChI is InChI=1S/C15H20N4/c1-3-9-16-14-12(2)15(19-11-18-14)17-10-13-7-5-4-6-8-13/h4-8,11H,3,9-10H2,1-2H3,(H2,16,17,18,19). The molecule has 0 spiro atoms. The highest BCUT2D eigenvalue weighted by Gasteiger charge is 2.05. The topological polar surface area (TPSA) is 49.8 Å². The predicted molar refractivity (Wildman–Crippen MR) is 79.3 cm³/mol. The number of anilines is 2. The maximum Gasteiger partial charge on any atom is 0.134 e. The van der Waals surface area contributed by atoms with E-state index in [2.05, 4.69) is 39.7 Å². The second-order valence-corrected chi connectivity index (χ2v) is 4.46. The van der Waals surface area contributed by atoms with Gasteiger partial charge in [-0.25, -0.2) is 9.97 Å². The van der Waals surface area contributed by atoms with Crippen LogP contribution in [0.1, 0.15) is 24.5 Å². The molecule has 1 aromatic heterocycles. The third kappa shape index (κ3) is 3.68. The molecular weight excluding hydrogens is 236 g/mol. The van der Waals surface area contributed by atoms with E-state index in [1.165, 1.54) is 5.56 Å². The summed E-state index contributed by atoms with van der Waals surface area (Å²) in [6.07, 6.45) is 2.68. The highest BCUT2D eigenvalue weighted by atomic mass is 15.1. The normalized spacial score (nSPS) is 10.2. The number of rotatable bonds is 6. The van der Waals surface area contributed by atoms with E-state index in [0.29, 0.717) is 0 Å². The summed E-state index contributed by atoms with van der Waals surface area (Å²) in [4.78, 5) is 8.57. The molecular formula is C15H20N4. The maximum absolute atomic E-state index is 4.30. The van der Waals surface area contributed by atoms with Gasteiger partial charge in [-0.1, -0.05) is 37.3 Å². The molecule has 0 aliphatic carbocycles. The van der Waals surface area contributed by atoms with E-state index in [-0.39, 0.29) is 0 Å². The fourth-order valence-corrected chi connectivity index (χ4v) is 1.83. The monoisotopic (exact) mass is 256 g/mol. The molecule has 100 valence electrons. The van der Waals surface area contributed by atoms with Crippen LogP contribution in [0.25, 0.3) is 0 Å². The van der Waals surface area contributed by atoms with E-state index < -0.39 is 0 Å². The summed E-state index contributed by atoms with van der Waals surface area (Å²) in [7, 11) is 0. The van der Waals surface area contributed by atoms with Gasteiger partial charge in [0.05, 0.1) is 0 Å². The molecule has 1 aromatic carbocycles. The molecule has 1 heterocycles. The first-order valence-corrected chi connectivity index (χ1v) is 6.64. The Morgan fingerprint density at radius 2 is 1.68 bits per heavy atom. The van der Waals surface area contributed by atoms with Gasteiger partial charge in [0, 0.05) is 18.7 Å². The molecule has 0 atom stereocenters. The summed E-state index contributed by atoms with van der Waals surface area (Å²) >= 11 is 0. The largest absolute Gasteiger partial charge is 0.370 e. The molecule has 0 aliphatic heterocycles. The lowest BCUT2D eigenvalue weighted by atomic mass is 10.2. The van der Waals surface area contributed by atoms with Crippen LogP contribution in [0.15, 0.2) is 36.7 Å². The average molecular weight is 256 g/mol. The minimum atomic E-state index is 0.770. The van der Waals surface area contributed by atoms with Crippen LogP contribution in [-0.4, -0.2) is 16.5 Å². The van der Waals surface area contributed by atoms with Crippen molar-refractivity contribution in [3.8, 4) is 0 Å². The van der Waals surface area contributed by atoms with Gasteiger partial charge in [-0.15, -0.1) is 0 Å². The Kier molecular flexibility index (Phi) is 4.72. The van der Waals surface area contributed by atoms with Crippen molar-refractivity contribution in [2.45, 2.75) is 26.8 Å². The molecule has 0 saturated carbocycles. The Bertz CT molecular complexity index is 511. The molecule has 0 bridgehead atoms. The lowest BCUT2D eigenvalue weighted by Crippen LogP contribution is -2.08. The van der Waals surface area contributed by atoms with Gasteiger partial charge in [0.1, 0.15) is 18.0 Å². The van der Waals surface area contributed by atoms with Crippen molar-refractivity contribution in [1.29, 1.82) is 0 Å². The number of nitrogens with zero attached hydrogens (tertiary/aromatic N) is 2. The Morgan fingerprint density at radius 3 is 2.37 bits per heavy atom. The Balaban J connectivity index is 2.04. The van der Waals surface area contributed by atoms with Crippen molar-refractivity contribution in [3.63, 3.8) is 0 Å². The number of hydrogen-bond acceptors (Lipinski definition) is 4. The zero-order valence-corrected chi connectivity index (χ0v) is 11.5. The van der Waals surface area contributed by atoms with Gasteiger partial charge >= 0.3 is 0 Å². The number of benzene rings is 1. The number of aromatic nitrogens is 2. The van der Waals surface area contributed by atoms with Crippen LogP contribution in [0.4, 0.5) is 11.6 Å². The van der Waals surface area contributed by atoms with Gasteiger partial charge in [-0.05, 0) is 18.9 Å². The first kappa shape index (κ1) is 13.3. The van der Waals surface area contributed by atoms with Crippen LogP contribution in [0, 0.1) is 6.92 Å². The molecule has 4 heteroatoms. The zero-order chi connectivity index (χ0) is 13.5. The van der Waals surface area contributed by atoms with Gasteiger partial charge in [0.2, 0.25) is 0 Å². The van der Waals surface area contributed by atoms with Crippen molar-refractivity contribution in [3.05, 3.63) is 47.8 Å². The smallest absolute Gasteiger partial charge is 0.134 e. The van der Waals surface area contributed by atoms with E-state index in [1.54, 1.807) is 6.33 Å². The molecule has 0 aliphatic rings. The molecule has 2 rings (SSSR count). The van der Waals surface area contributed by atoms with Crippen LogP contribution in [-0.2, 0) is 6.54 Å². The summed E-state index contributed by atoms with van der Waals surface area (Å²) in [5, 5.41) is 6.67. The summed E-state index contributed by atoms with van der Waals surface area (Å²) in [6, 6.07) is 10.3. The molecule has 0 fully saturated rings. The lowest BCUT2D eigenvalue weighted by Gasteiger charge is -2.12. The van der Waals surface area contributed by atoms with Crippen molar-refractivity contribution < 1.29 is 0 Å². The summed E-state index contributed by atoms with van der Waals surface area (Å²) in [5.74, 6) is 1.80. The Hall–Kier alpha value is -2.10. The molecule has 4 nitrogen and oxygen atoms in total. The van der Waals surface area contributed by atoms with Crippen molar-refractivity contribution in [1.82, 2.24) is 9.97 Å². The molecule has 0 amide bonds. The highest BCUT2D eigenvalue weighted by molar-refractivity contribution is 5.56. The first-order chi connectivity index (χ1) is 9.31. The Morgan fingerprint density at radius 1 is 1.00 bits per heavy atom. The molecule has 0 radical (unpaired) electrons. The fourth-order valence-electron chi connectivity index (χ4n) is 1.83. The third-order valence-corrected chi connectivity index (χ3v) is 2.93. The summed E-state index contributed by atoms with van der Waals surface area (Å²) < 4.78 is 0. The van der Waals surface area contributed by atoms with Gasteiger partial charge in [0.15, 0.2) is 0 Å².